The summed E-state index contributed by atoms with van der Waals surface area (Å²) >= 11 is 0. The number of likely N-dealkylation sites (tertiary alicyclic amines) is 1. The molecule has 2 aliphatic rings. The van der Waals surface area contributed by atoms with Crippen LogP contribution in [-0.4, -0.2) is 63.5 Å². The van der Waals surface area contributed by atoms with E-state index in [4.69, 9.17) is 9.47 Å². The van der Waals surface area contributed by atoms with Gasteiger partial charge in [-0.2, -0.15) is 4.31 Å². The van der Waals surface area contributed by atoms with Crippen molar-refractivity contribution in [1.29, 1.82) is 0 Å². The van der Waals surface area contributed by atoms with Crippen LogP contribution in [0.25, 0.3) is 0 Å². The molecule has 0 saturated carbocycles. The lowest BCUT2D eigenvalue weighted by Gasteiger charge is -2.27. The van der Waals surface area contributed by atoms with Crippen molar-refractivity contribution < 1.29 is 22.7 Å². The van der Waals surface area contributed by atoms with Crippen LogP contribution in [0.5, 0.6) is 5.75 Å². The predicted octanol–water partition coefficient (Wildman–Crippen LogP) is 3.24. The average molecular weight is 473 g/mol. The number of amides is 1. The van der Waals surface area contributed by atoms with Gasteiger partial charge in [0.1, 0.15) is 10.6 Å². The number of ether oxygens (including phenoxy) is 2. The molecule has 0 radical (unpaired) electrons. The molecule has 1 atom stereocenters. The SMILES string of the molecule is COc1ccc(CC(=O)N2CCCC2c2ccc(C)c(C)c2)cc1S(=O)(=O)N1CCOCC1. The molecule has 0 aromatic heterocycles. The summed E-state index contributed by atoms with van der Waals surface area (Å²) in [6, 6.07) is 11.5. The lowest BCUT2D eigenvalue weighted by Crippen LogP contribution is -2.40. The highest BCUT2D eigenvalue weighted by molar-refractivity contribution is 7.89. The van der Waals surface area contributed by atoms with Gasteiger partial charge in [-0.25, -0.2) is 8.42 Å². The number of nitrogens with zero attached hydrogens (tertiary/aromatic N) is 2. The molecule has 2 aliphatic heterocycles. The zero-order valence-electron chi connectivity index (χ0n) is 19.5. The standard InChI is InChI=1S/C25H32N2O5S/c1-18-6-8-21(15-19(18)2)22-5-4-10-27(22)25(28)17-20-7-9-23(31-3)24(16-20)33(29,30)26-11-13-32-14-12-26/h6-9,15-16,22H,4-5,10-14,17H2,1-3H3. The molecule has 4 rings (SSSR count). The predicted molar refractivity (Wildman–Crippen MR) is 126 cm³/mol. The number of morpholine rings is 1. The van der Waals surface area contributed by atoms with Crippen LogP contribution in [0.3, 0.4) is 0 Å². The Kier molecular flexibility index (Phi) is 7.07. The van der Waals surface area contributed by atoms with Gasteiger partial charge < -0.3 is 14.4 Å². The van der Waals surface area contributed by atoms with Crippen LogP contribution in [-0.2, 0) is 26.0 Å². The fourth-order valence-electron chi connectivity index (χ4n) is 4.62. The highest BCUT2D eigenvalue weighted by atomic mass is 32.2. The van der Waals surface area contributed by atoms with Gasteiger partial charge in [-0.3, -0.25) is 4.79 Å². The van der Waals surface area contributed by atoms with Gasteiger partial charge in [0.05, 0.1) is 32.8 Å². The Hall–Kier alpha value is -2.42. The summed E-state index contributed by atoms with van der Waals surface area (Å²) < 4.78 is 38.6. The maximum absolute atomic E-state index is 13.3. The minimum absolute atomic E-state index is 0.00983. The summed E-state index contributed by atoms with van der Waals surface area (Å²) in [5, 5.41) is 0. The molecule has 2 fully saturated rings. The molecule has 2 saturated heterocycles. The first-order valence-corrected chi connectivity index (χ1v) is 12.9. The van der Waals surface area contributed by atoms with Gasteiger partial charge in [-0.15, -0.1) is 0 Å². The van der Waals surface area contributed by atoms with Crippen LogP contribution in [0.1, 0.15) is 41.1 Å². The van der Waals surface area contributed by atoms with Gasteiger partial charge in [0.15, 0.2) is 0 Å². The number of benzene rings is 2. The van der Waals surface area contributed by atoms with E-state index in [2.05, 4.69) is 32.0 Å². The molecule has 8 heteroatoms. The lowest BCUT2D eigenvalue weighted by atomic mass is 9.99. The number of aryl methyl sites for hydroxylation is 2. The minimum Gasteiger partial charge on any atom is -0.495 e. The molecule has 33 heavy (non-hydrogen) atoms. The summed E-state index contributed by atoms with van der Waals surface area (Å²) in [6.45, 7) is 6.24. The zero-order valence-corrected chi connectivity index (χ0v) is 20.4. The first-order valence-electron chi connectivity index (χ1n) is 11.4. The Bertz CT molecular complexity index is 1130. The molecule has 0 spiro atoms. The topological polar surface area (TPSA) is 76.2 Å². The highest BCUT2D eigenvalue weighted by Crippen LogP contribution is 2.34. The van der Waals surface area contributed by atoms with E-state index in [1.807, 2.05) is 4.90 Å². The van der Waals surface area contributed by atoms with E-state index in [1.165, 1.54) is 22.5 Å². The smallest absolute Gasteiger partial charge is 0.246 e. The second-order valence-electron chi connectivity index (χ2n) is 8.77. The van der Waals surface area contributed by atoms with Gasteiger partial charge in [0, 0.05) is 19.6 Å². The van der Waals surface area contributed by atoms with Crippen LogP contribution in [0.4, 0.5) is 0 Å². The van der Waals surface area contributed by atoms with Crippen LogP contribution >= 0.6 is 0 Å². The third kappa shape index (κ3) is 4.93. The van der Waals surface area contributed by atoms with Crippen LogP contribution in [0, 0.1) is 13.8 Å². The van der Waals surface area contributed by atoms with Crippen molar-refractivity contribution in [2.45, 2.75) is 44.0 Å². The molecule has 178 valence electrons. The van der Waals surface area contributed by atoms with Crippen LogP contribution in [0.15, 0.2) is 41.3 Å². The van der Waals surface area contributed by atoms with Gasteiger partial charge in [0.25, 0.3) is 0 Å². The summed E-state index contributed by atoms with van der Waals surface area (Å²) in [6.07, 6.45) is 2.05. The fourth-order valence-corrected chi connectivity index (χ4v) is 6.23. The monoisotopic (exact) mass is 472 g/mol. The maximum Gasteiger partial charge on any atom is 0.246 e. The fraction of sp³-hybridized carbons (Fsp3) is 0.480. The van der Waals surface area contributed by atoms with Crippen molar-refractivity contribution >= 4 is 15.9 Å². The second-order valence-corrected chi connectivity index (χ2v) is 10.7. The number of methoxy groups -OCH3 is 1. The highest BCUT2D eigenvalue weighted by Gasteiger charge is 2.32. The number of rotatable bonds is 6. The van der Waals surface area contributed by atoms with Crippen molar-refractivity contribution in [3.63, 3.8) is 0 Å². The van der Waals surface area contributed by atoms with E-state index in [0.29, 0.717) is 38.4 Å². The molecule has 2 aromatic rings. The number of carbonyl (C=O) groups excluding carboxylic acids is 1. The third-order valence-electron chi connectivity index (χ3n) is 6.66. The first kappa shape index (κ1) is 23.7. The number of sulfonamides is 1. The molecular formula is C25H32N2O5S. The van der Waals surface area contributed by atoms with E-state index in [9.17, 15) is 13.2 Å². The largest absolute Gasteiger partial charge is 0.495 e. The average Bonchev–Trinajstić information content (AvgIpc) is 3.31. The molecule has 1 unspecified atom stereocenters. The van der Waals surface area contributed by atoms with Crippen molar-refractivity contribution in [3.8, 4) is 5.75 Å². The summed E-state index contributed by atoms with van der Waals surface area (Å²) in [4.78, 5) is 15.3. The van der Waals surface area contributed by atoms with Crippen molar-refractivity contribution in [3.05, 3.63) is 58.7 Å². The van der Waals surface area contributed by atoms with Crippen molar-refractivity contribution in [1.82, 2.24) is 9.21 Å². The minimum atomic E-state index is -3.74. The number of hydrogen-bond donors (Lipinski definition) is 0. The Morgan fingerprint density at radius 3 is 2.52 bits per heavy atom. The quantitative estimate of drug-likeness (QED) is 0.645. The molecular weight excluding hydrogens is 440 g/mol. The summed E-state index contributed by atoms with van der Waals surface area (Å²) in [5.41, 5.74) is 4.29. The van der Waals surface area contributed by atoms with E-state index in [1.54, 1.807) is 18.2 Å². The normalized spacial score (nSPS) is 19.6. The molecule has 2 heterocycles. The second kappa shape index (κ2) is 9.83. The molecule has 0 bridgehead atoms. The summed E-state index contributed by atoms with van der Waals surface area (Å²) in [5.74, 6) is 0.294. The zero-order chi connectivity index (χ0) is 23.6. The molecule has 2 aromatic carbocycles. The lowest BCUT2D eigenvalue weighted by molar-refractivity contribution is -0.131. The molecule has 0 aliphatic carbocycles. The molecule has 0 N–H and O–H groups in total. The van der Waals surface area contributed by atoms with Crippen molar-refractivity contribution in [2.24, 2.45) is 0 Å². The Morgan fingerprint density at radius 2 is 1.82 bits per heavy atom. The van der Waals surface area contributed by atoms with Gasteiger partial charge in [-0.05, 0) is 61.1 Å². The Morgan fingerprint density at radius 1 is 1.06 bits per heavy atom. The van der Waals surface area contributed by atoms with Crippen molar-refractivity contribution in [2.75, 3.05) is 40.0 Å². The molecule has 1 amide bonds. The van der Waals surface area contributed by atoms with Gasteiger partial charge in [-0.1, -0.05) is 24.3 Å². The van der Waals surface area contributed by atoms with E-state index in [-0.39, 0.29) is 29.0 Å². The summed E-state index contributed by atoms with van der Waals surface area (Å²) in [7, 11) is -2.29. The number of hydrogen-bond acceptors (Lipinski definition) is 5. The van der Waals surface area contributed by atoms with Crippen LogP contribution < -0.4 is 4.74 Å². The molecule has 7 nitrogen and oxygen atoms in total. The van der Waals surface area contributed by atoms with E-state index < -0.39 is 10.0 Å². The van der Waals surface area contributed by atoms with Gasteiger partial charge in [0.2, 0.25) is 15.9 Å². The third-order valence-corrected chi connectivity index (χ3v) is 8.58. The van der Waals surface area contributed by atoms with Crippen LogP contribution in [0.2, 0.25) is 0 Å². The van der Waals surface area contributed by atoms with Gasteiger partial charge >= 0.3 is 0 Å². The van der Waals surface area contributed by atoms with E-state index in [0.717, 1.165) is 18.4 Å². The first-order chi connectivity index (χ1) is 15.8. The Labute approximate surface area is 196 Å². The maximum atomic E-state index is 13.3. The Balaban J connectivity index is 1.56. The number of carbonyl (C=O) groups is 1. The van der Waals surface area contributed by atoms with E-state index >= 15 is 0 Å².